The molecule has 2 atom stereocenters. The molecule has 0 aliphatic carbocycles. The van der Waals surface area contributed by atoms with Crippen molar-refractivity contribution in [2.75, 3.05) is 40.5 Å². The number of rotatable bonds is 27. The highest BCUT2D eigenvalue weighted by atomic mass is 31.2. The van der Waals surface area contributed by atoms with E-state index in [2.05, 4.69) is 12.2 Å². The molecule has 12 heteroatoms. The third kappa shape index (κ3) is 23.2. The number of carbonyl (C=O) groups excluding carboxylic acids is 2. The first-order chi connectivity index (χ1) is 21.2. The highest BCUT2D eigenvalue weighted by molar-refractivity contribution is 7.47. The van der Waals surface area contributed by atoms with Crippen LogP contribution >= 0.6 is 7.82 Å². The number of hydrogen-bond donors (Lipinski definition) is 2. The SMILES string of the molecule is CCCCCCCCCCCCCCCCCCNC(=O)OCC(COP(=O)(O)OCC[n+]1ccccc1)OC(=O)N(C)C. The zero-order chi connectivity index (χ0) is 32.3. The van der Waals surface area contributed by atoms with Gasteiger partial charge in [-0.15, -0.1) is 0 Å². The molecule has 44 heavy (non-hydrogen) atoms. The zero-order valence-electron chi connectivity index (χ0n) is 27.5. The van der Waals surface area contributed by atoms with Crippen molar-refractivity contribution in [3.63, 3.8) is 0 Å². The van der Waals surface area contributed by atoms with Crippen LogP contribution in [0.2, 0.25) is 0 Å². The Hall–Kier alpha value is -2.20. The van der Waals surface area contributed by atoms with Gasteiger partial charge in [-0.2, -0.15) is 0 Å². The van der Waals surface area contributed by atoms with Crippen molar-refractivity contribution in [2.45, 2.75) is 122 Å². The van der Waals surface area contributed by atoms with E-state index in [1.54, 1.807) is 17.0 Å². The minimum atomic E-state index is -4.42. The van der Waals surface area contributed by atoms with E-state index in [9.17, 15) is 19.0 Å². The molecule has 1 heterocycles. The Morgan fingerprint density at radius 1 is 0.795 bits per heavy atom. The molecule has 1 aromatic heterocycles. The Balaban J connectivity index is 2.13. The number of carbonyl (C=O) groups is 2. The van der Waals surface area contributed by atoms with Crippen LogP contribution in [0.15, 0.2) is 30.6 Å². The topological polar surface area (TPSA) is 128 Å². The van der Waals surface area contributed by atoms with Gasteiger partial charge >= 0.3 is 20.0 Å². The first kappa shape index (κ1) is 39.8. The Bertz CT molecular complexity index is 907. The number of unbranched alkanes of at least 4 members (excludes halogenated alkanes) is 15. The average molecular weight is 645 g/mol. The van der Waals surface area contributed by atoms with Crippen LogP contribution in [-0.4, -0.2) is 68.5 Å². The second kappa shape index (κ2) is 26.1. The van der Waals surface area contributed by atoms with E-state index in [1.807, 2.05) is 18.2 Å². The van der Waals surface area contributed by atoms with Gasteiger partial charge in [-0.25, -0.2) is 18.7 Å². The number of alkyl carbamates (subject to hydrolysis) is 1. The van der Waals surface area contributed by atoms with E-state index in [-0.39, 0.29) is 13.2 Å². The van der Waals surface area contributed by atoms with Crippen LogP contribution in [-0.2, 0) is 29.6 Å². The summed E-state index contributed by atoms with van der Waals surface area (Å²) in [5, 5.41) is 2.70. The quantitative estimate of drug-likeness (QED) is 0.0587. The lowest BCUT2D eigenvalue weighted by atomic mass is 10.0. The lowest BCUT2D eigenvalue weighted by Crippen LogP contribution is -2.36. The minimum Gasteiger partial charge on any atom is -0.446 e. The third-order valence-electron chi connectivity index (χ3n) is 7.14. The van der Waals surface area contributed by atoms with Gasteiger partial charge in [0.25, 0.3) is 0 Å². The van der Waals surface area contributed by atoms with Crippen molar-refractivity contribution in [3.05, 3.63) is 30.6 Å². The van der Waals surface area contributed by atoms with Gasteiger partial charge in [-0.3, -0.25) is 9.05 Å². The fourth-order valence-corrected chi connectivity index (χ4v) is 5.25. The third-order valence-corrected chi connectivity index (χ3v) is 8.12. The van der Waals surface area contributed by atoms with Gasteiger partial charge in [-0.1, -0.05) is 109 Å². The zero-order valence-corrected chi connectivity index (χ0v) is 28.4. The lowest BCUT2D eigenvalue weighted by Gasteiger charge is -2.21. The molecule has 0 radical (unpaired) electrons. The molecule has 254 valence electrons. The maximum Gasteiger partial charge on any atom is 0.472 e. The molecular formula is C32H59N3O8P+. The molecule has 1 rings (SSSR count). The van der Waals surface area contributed by atoms with Gasteiger partial charge in [0.15, 0.2) is 25.0 Å². The maximum absolute atomic E-state index is 12.3. The summed E-state index contributed by atoms with van der Waals surface area (Å²) in [4.78, 5) is 35.4. The van der Waals surface area contributed by atoms with Crippen LogP contribution in [0.4, 0.5) is 9.59 Å². The number of amides is 2. The molecule has 1 aromatic rings. The summed E-state index contributed by atoms with van der Waals surface area (Å²) in [6.07, 6.45) is 21.6. The number of aromatic nitrogens is 1. The van der Waals surface area contributed by atoms with Crippen LogP contribution in [0.3, 0.4) is 0 Å². The van der Waals surface area contributed by atoms with E-state index < -0.39 is 32.7 Å². The Morgan fingerprint density at radius 3 is 1.84 bits per heavy atom. The van der Waals surface area contributed by atoms with Crippen molar-refractivity contribution in [1.82, 2.24) is 10.2 Å². The number of ether oxygens (including phenoxy) is 2. The highest BCUT2D eigenvalue weighted by Gasteiger charge is 2.27. The van der Waals surface area contributed by atoms with Crippen LogP contribution < -0.4 is 9.88 Å². The van der Waals surface area contributed by atoms with E-state index >= 15 is 0 Å². The Morgan fingerprint density at radius 2 is 1.32 bits per heavy atom. The van der Waals surface area contributed by atoms with Crippen LogP contribution in [0.1, 0.15) is 110 Å². The minimum absolute atomic E-state index is 0.0666. The van der Waals surface area contributed by atoms with E-state index in [1.165, 1.54) is 102 Å². The first-order valence-corrected chi connectivity index (χ1v) is 18.1. The molecule has 2 N–H and O–H groups in total. The number of nitrogens with one attached hydrogen (secondary N) is 1. The van der Waals surface area contributed by atoms with Crippen molar-refractivity contribution in [2.24, 2.45) is 0 Å². The smallest absolute Gasteiger partial charge is 0.446 e. The van der Waals surface area contributed by atoms with E-state index in [4.69, 9.17) is 18.5 Å². The van der Waals surface area contributed by atoms with Gasteiger partial charge in [-0.05, 0) is 6.42 Å². The summed E-state index contributed by atoms with van der Waals surface area (Å²) in [6, 6.07) is 5.52. The standard InChI is InChI=1S/C32H58N3O8P/c1-4-5-6-7-8-9-10-11-12-13-14-15-16-17-18-20-23-33-31(36)40-28-30(43-32(37)34(2)3)29-42-44(38,39)41-27-26-35-24-21-19-22-25-35/h19,21-22,24-25,30H,4-18,20,23,26-29H2,1-3H3,(H-,33,36,38,39)/p+1. The summed E-state index contributed by atoms with van der Waals surface area (Å²) >= 11 is 0. The molecule has 2 unspecified atom stereocenters. The van der Waals surface area contributed by atoms with Crippen molar-refractivity contribution < 1.29 is 42.1 Å². The predicted molar refractivity (Wildman–Crippen MR) is 171 cm³/mol. The average Bonchev–Trinajstić information content (AvgIpc) is 3.00. The van der Waals surface area contributed by atoms with Crippen molar-refractivity contribution in [3.8, 4) is 0 Å². The number of nitrogens with zero attached hydrogens (tertiary/aromatic N) is 2. The maximum atomic E-state index is 12.3. The molecule has 0 aliphatic rings. The van der Waals surface area contributed by atoms with Gasteiger partial charge < -0.3 is 24.6 Å². The largest absolute Gasteiger partial charge is 0.472 e. The molecule has 0 saturated carbocycles. The van der Waals surface area contributed by atoms with Crippen molar-refractivity contribution >= 4 is 20.0 Å². The molecule has 11 nitrogen and oxygen atoms in total. The molecule has 0 fully saturated rings. The normalized spacial score (nSPS) is 13.2. The second-order valence-electron chi connectivity index (χ2n) is 11.4. The van der Waals surface area contributed by atoms with Gasteiger partial charge in [0.1, 0.15) is 13.2 Å². The summed E-state index contributed by atoms with van der Waals surface area (Å²) in [6.45, 7) is 2.19. The van der Waals surface area contributed by atoms with Crippen molar-refractivity contribution in [1.29, 1.82) is 0 Å². The summed E-state index contributed by atoms with van der Waals surface area (Å²) < 4.78 is 34.5. The Labute approximate surface area is 265 Å². The van der Waals surface area contributed by atoms with E-state index in [0.717, 1.165) is 19.3 Å². The summed E-state index contributed by atoms with van der Waals surface area (Å²) in [7, 11) is -1.43. The fourth-order valence-electron chi connectivity index (χ4n) is 4.51. The van der Waals surface area contributed by atoms with E-state index in [0.29, 0.717) is 13.1 Å². The lowest BCUT2D eigenvalue weighted by molar-refractivity contribution is -0.697. The highest BCUT2D eigenvalue weighted by Crippen LogP contribution is 2.43. The molecule has 2 amide bonds. The van der Waals surface area contributed by atoms with Gasteiger partial charge in [0.05, 0.1) is 6.61 Å². The van der Waals surface area contributed by atoms with Gasteiger partial charge in [0, 0.05) is 32.8 Å². The van der Waals surface area contributed by atoms with Crippen LogP contribution in [0, 0.1) is 0 Å². The molecule has 0 spiro atoms. The molecule has 0 bridgehead atoms. The Kier molecular flexibility index (Phi) is 23.6. The molecule has 0 aromatic carbocycles. The van der Waals surface area contributed by atoms with Crippen LogP contribution in [0.5, 0.6) is 0 Å². The molecular weight excluding hydrogens is 585 g/mol. The monoisotopic (exact) mass is 644 g/mol. The number of hydrogen-bond acceptors (Lipinski definition) is 7. The number of pyridine rings is 1. The first-order valence-electron chi connectivity index (χ1n) is 16.6. The number of phosphoric acid groups is 1. The number of phosphoric ester groups is 1. The summed E-state index contributed by atoms with van der Waals surface area (Å²) in [5.74, 6) is 0. The fraction of sp³-hybridized carbons (Fsp3) is 0.781. The molecule has 0 aliphatic heterocycles. The molecule has 0 saturated heterocycles. The predicted octanol–water partition coefficient (Wildman–Crippen LogP) is 7.16. The van der Waals surface area contributed by atoms with Gasteiger partial charge in [0.2, 0.25) is 0 Å². The second-order valence-corrected chi connectivity index (χ2v) is 12.9. The summed E-state index contributed by atoms with van der Waals surface area (Å²) in [5.41, 5.74) is 0. The van der Waals surface area contributed by atoms with Crippen LogP contribution in [0.25, 0.3) is 0 Å².